The van der Waals surface area contributed by atoms with Crippen LogP contribution in [-0.4, -0.2) is 23.5 Å². The average molecular weight is 298 g/mol. The van der Waals surface area contributed by atoms with Crippen molar-refractivity contribution >= 4 is 11.9 Å². The molecule has 1 N–H and O–H groups in total. The van der Waals surface area contributed by atoms with Crippen LogP contribution in [-0.2, 0) is 11.3 Å². The zero-order chi connectivity index (χ0) is 15.9. The third-order valence-electron chi connectivity index (χ3n) is 3.11. The number of carbonyl (C=O) groups is 2. The van der Waals surface area contributed by atoms with Gasteiger partial charge < -0.3 is 10.1 Å². The molecule has 5 nitrogen and oxygen atoms in total. The van der Waals surface area contributed by atoms with Crippen LogP contribution < -0.4 is 5.32 Å². The monoisotopic (exact) mass is 298 g/mol. The number of carbonyl (C=O) groups excluding carboxylic acids is 2. The minimum absolute atomic E-state index is 0.276. The van der Waals surface area contributed by atoms with E-state index >= 15 is 0 Å². The van der Waals surface area contributed by atoms with Crippen LogP contribution in [0.15, 0.2) is 42.5 Å². The second-order valence-corrected chi connectivity index (χ2v) is 4.72. The Morgan fingerprint density at radius 1 is 1.14 bits per heavy atom. The fourth-order valence-corrected chi connectivity index (χ4v) is 1.98. The second kappa shape index (κ2) is 7.36. The van der Waals surface area contributed by atoms with Crippen molar-refractivity contribution < 1.29 is 14.3 Å². The van der Waals surface area contributed by atoms with Gasteiger partial charge in [0.15, 0.2) is 0 Å². The lowest BCUT2D eigenvalue weighted by Gasteiger charge is -2.08. The van der Waals surface area contributed by atoms with Gasteiger partial charge in [-0.2, -0.15) is 0 Å². The largest absolute Gasteiger partial charge is 0.462 e. The van der Waals surface area contributed by atoms with Gasteiger partial charge in [-0.3, -0.25) is 4.79 Å². The molecule has 1 aromatic heterocycles. The Morgan fingerprint density at radius 3 is 2.50 bits per heavy atom. The Balaban J connectivity index is 2.04. The number of rotatable bonds is 5. The van der Waals surface area contributed by atoms with Crippen LogP contribution in [0.1, 0.15) is 39.0 Å². The third-order valence-corrected chi connectivity index (χ3v) is 3.11. The maximum Gasteiger partial charge on any atom is 0.339 e. The highest BCUT2D eigenvalue weighted by atomic mass is 16.5. The van der Waals surface area contributed by atoms with E-state index in [2.05, 4.69) is 10.3 Å². The van der Waals surface area contributed by atoms with E-state index in [1.54, 1.807) is 19.9 Å². The molecule has 0 saturated carbocycles. The summed E-state index contributed by atoms with van der Waals surface area (Å²) in [6, 6.07) is 12.7. The van der Waals surface area contributed by atoms with Gasteiger partial charge in [0.05, 0.1) is 17.9 Å². The first-order chi connectivity index (χ1) is 10.6. The Morgan fingerprint density at radius 2 is 1.86 bits per heavy atom. The van der Waals surface area contributed by atoms with Crippen LogP contribution in [0.5, 0.6) is 0 Å². The molecule has 1 heterocycles. The maximum absolute atomic E-state index is 12.1. The highest BCUT2D eigenvalue weighted by Gasteiger charge is 2.14. The molecule has 0 aliphatic rings. The van der Waals surface area contributed by atoms with Gasteiger partial charge in [0.1, 0.15) is 5.69 Å². The zero-order valence-electron chi connectivity index (χ0n) is 12.6. The smallest absolute Gasteiger partial charge is 0.339 e. The molecule has 0 aliphatic carbocycles. The van der Waals surface area contributed by atoms with E-state index in [1.165, 1.54) is 6.07 Å². The number of esters is 1. The molecule has 0 aliphatic heterocycles. The molecule has 0 radical (unpaired) electrons. The maximum atomic E-state index is 12.1. The molecule has 22 heavy (non-hydrogen) atoms. The summed E-state index contributed by atoms with van der Waals surface area (Å²) in [5, 5.41) is 2.80. The zero-order valence-corrected chi connectivity index (χ0v) is 12.6. The van der Waals surface area contributed by atoms with Crippen LogP contribution in [0, 0.1) is 6.92 Å². The predicted octanol–water partition coefficient (Wildman–Crippen LogP) is 2.50. The fraction of sp³-hybridized carbons (Fsp3) is 0.235. The summed E-state index contributed by atoms with van der Waals surface area (Å²) in [6.07, 6.45) is 0. The van der Waals surface area contributed by atoms with Crippen molar-refractivity contribution in [2.75, 3.05) is 6.61 Å². The number of nitrogens with one attached hydrogen (secondary N) is 1. The van der Waals surface area contributed by atoms with E-state index in [0.717, 1.165) is 5.56 Å². The number of amides is 1. The number of hydrogen-bond acceptors (Lipinski definition) is 4. The number of ether oxygens (including phenoxy) is 1. The van der Waals surface area contributed by atoms with Crippen LogP contribution in [0.4, 0.5) is 0 Å². The lowest BCUT2D eigenvalue weighted by molar-refractivity contribution is 0.0524. The van der Waals surface area contributed by atoms with Gasteiger partial charge >= 0.3 is 5.97 Å². The first-order valence-electron chi connectivity index (χ1n) is 7.08. The van der Waals surface area contributed by atoms with Crippen molar-refractivity contribution in [2.45, 2.75) is 20.4 Å². The Bertz CT molecular complexity index is 669. The van der Waals surface area contributed by atoms with Crippen molar-refractivity contribution in [2.24, 2.45) is 0 Å². The third kappa shape index (κ3) is 3.91. The van der Waals surface area contributed by atoms with E-state index in [-0.39, 0.29) is 11.6 Å². The molecule has 2 aromatic rings. The average Bonchev–Trinajstić information content (AvgIpc) is 2.53. The molecular weight excluding hydrogens is 280 g/mol. The Labute approximate surface area is 129 Å². The van der Waals surface area contributed by atoms with Crippen molar-refractivity contribution in [3.63, 3.8) is 0 Å². The minimum Gasteiger partial charge on any atom is -0.462 e. The van der Waals surface area contributed by atoms with Crippen molar-refractivity contribution in [1.29, 1.82) is 0 Å². The molecular formula is C17H18N2O3. The van der Waals surface area contributed by atoms with Crippen LogP contribution in [0.25, 0.3) is 0 Å². The second-order valence-electron chi connectivity index (χ2n) is 4.72. The van der Waals surface area contributed by atoms with E-state index in [4.69, 9.17) is 4.74 Å². The van der Waals surface area contributed by atoms with Crippen molar-refractivity contribution in [3.05, 3.63) is 65.0 Å². The van der Waals surface area contributed by atoms with Gasteiger partial charge in [-0.15, -0.1) is 0 Å². The number of aryl methyl sites for hydroxylation is 1. The Hall–Kier alpha value is -2.69. The summed E-state index contributed by atoms with van der Waals surface area (Å²) in [4.78, 5) is 28.0. The lowest BCUT2D eigenvalue weighted by atomic mass is 10.1. The number of pyridine rings is 1. The molecule has 2 rings (SSSR count). The van der Waals surface area contributed by atoms with Gasteiger partial charge in [-0.25, -0.2) is 9.78 Å². The first-order valence-corrected chi connectivity index (χ1v) is 7.08. The topological polar surface area (TPSA) is 68.3 Å². The normalized spacial score (nSPS) is 10.1. The summed E-state index contributed by atoms with van der Waals surface area (Å²) in [6.45, 7) is 4.16. The number of nitrogens with zero attached hydrogens (tertiary/aromatic N) is 1. The summed E-state index contributed by atoms with van der Waals surface area (Å²) in [7, 11) is 0. The van der Waals surface area contributed by atoms with Crippen LogP contribution in [0.3, 0.4) is 0 Å². The molecule has 0 unspecified atom stereocenters. The molecule has 0 spiro atoms. The van der Waals surface area contributed by atoms with E-state index in [0.29, 0.717) is 24.4 Å². The molecule has 0 atom stereocenters. The van der Waals surface area contributed by atoms with Gasteiger partial charge in [0, 0.05) is 6.54 Å². The predicted molar refractivity (Wildman–Crippen MR) is 82.5 cm³/mol. The molecule has 0 saturated heterocycles. The summed E-state index contributed by atoms with van der Waals surface area (Å²) < 4.78 is 4.93. The standard InChI is InChI=1S/C17H18N2O3/c1-3-22-17(21)14-9-10-15(19-12(14)2)16(20)18-11-13-7-5-4-6-8-13/h4-10H,3,11H2,1-2H3,(H,18,20). The minimum atomic E-state index is -0.427. The quantitative estimate of drug-likeness (QED) is 0.861. The van der Waals surface area contributed by atoms with E-state index in [1.807, 2.05) is 30.3 Å². The molecule has 0 bridgehead atoms. The molecule has 1 aromatic carbocycles. The summed E-state index contributed by atoms with van der Waals surface area (Å²) in [5.74, 6) is -0.703. The summed E-state index contributed by atoms with van der Waals surface area (Å²) >= 11 is 0. The number of aromatic nitrogens is 1. The molecule has 114 valence electrons. The summed E-state index contributed by atoms with van der Waals surface area (Å²) in [5.41, 5.74) is 2.14. The number of hydrogen-bond donors (Lipinski definition) is 1. The van der Waals surface area contributed by atoms with Gasteiger partial charge in [0.25, 0.3) is 5.91 Å². The fourth-order valence-electron chi connectivity index (χ4n) is 1.98. The Kier molecular flexibility index (Phi) is 5.25. The highest BCUT2D eigenvalue weighted by molar-refractivity contribution is 5.94. The van der Waals surface area contributed by atoms with Gasteiger partial charge in [-0.05, 0) is 31.5 Å². The molecule has 0 fully saturated rings. The lowest BCUT2D eigenvalue weighted by Crippen LogP contribution is -2.24. The SMILES string of the molecule is CCOC(=O)c1ccc(C(=O)NCc2ccccc2)nc1C. The molecule has 1 amide bonds. The van der Waals surface area contributed by atoms with Crippen molar-refractivity contribution in [1.82, 2.24) is 10.3 Å². The van der Waals surface area contributed by atoms with Crippen molar-refractivity contribution in [3.8, 4) is 0 Å². The van der Waals surface area contributed by atoms with Crippen LogP contribution in [0.2, 0.25) is 0 Å². The van der Waals surface area contributed by atoms with E-state index < -0.39 is 5.97 Å². The van der Waals surface area contributed by atoms with Gasteiger partial charge in [0.2, 0.25) is 0 Å². The highest BCUT2D eigenvalue weighted by Crippen LogP contribution is 2.09. The van der Waals surface area contributed by atoms with Crippen LogP contribution >= 0.6 is 0 Å². The molecule has 5 heteroatoms. The van der Waals surface area contributed by atoms with Gasteiger partial charge in [-0.1, -0.05) is 30.3 Å². The first kappa shape index (κ1) is 15.7. The van der Waals surface area contributed by atoms with E-state index in [9.17, 15) is 9.59 Å². The number of benzene rings is 1.